The lowest BCUT2D eigenvalue weighted by Gasteiger charge is -2.07. The lowest BCUT2D eigenvalue weighted by atomic mass is 10.1. The molecule has 1 N–H and O–H groups in total. The largest absolute Gasteiger partial charge is 0.451 e. The molecule has 0 saturated carbocycles. The van der Waals surface area contributed by atoms with Crippen molar-refractivity contribution in [2.45, 2.75) is 13.3 Å². The molecule has 7 heteroatoms. The Bertz CT molecular complexity index is 956. The Kier molecular flexibility index (Phi) is 6.79. The van der Waals surface area contributed by atoms with Crippen LogP contribution in [0, 0.1) is 6.92 Å². The van der Waals surface area contributed by atoms with Crippen LogP contribution in [0.25, 0.3) is 11.3 Å². The van der Waals surface area contributed by atoms with Gasteiger partial charge in [-0.1, -0.05) is 54.1 Å². The maximum atomic E-state index is 12.4. The molecule has 0 saturated heterocycles. The minimum absolute atomic E-state index is 0.329. The molecule has 1 aromatic heterocycles. The fourth-order valence-electron chi connectivity index (χ4n) is 2.60. The predicted molar refractivity (Wildman–Crippen MR) is 111 cm³/mol. The van der Waals surface area contributed by atoms with Gasteiger partial charge >= 0.3 is 5.97 Å². The number of nitrogens with zero attached hydrogens (tertiary/aromatic N) is 1. The lowest BCUT2D eigenvalue weighted by molar-refractivity contribution is -0.124. The zero-order chi connectivity index (χ0) is 19.9. The molecule has 2 aromatic carbocycles. The Morgan fingerprint density at radius 3 is 2.54 bits per heavy atom. The standard InChI is InChI=1S/C21H19ClN2O3S/c1-14-24-19(16-5-3-2-4-6-16)20(28-14)21(26)27-13-18(25)23-12-11-15-7-9-17(22)10-8-15/h2-10H,11-13H2,1H3,(H,23,25). The molecule has 3 aromatic rings. The number of aromatic nitrogens is 1. The summed E-state index contributed by atoms with van der Waals surface area (Å²) in [4.78, 5) is 29.2. The first-order valence-corrected chi connectivity index (χ1v) is 9.93. The minimum Gasteiger partial charge on any atom is -0.451 e. The maximum absolute atomic E-state index is 12.4. The van der Waals surface area contributed by atoms with Crippen LogP contribution in [-0.2, 0) is 16.0 Å². The summed E-state index contributed by atoms with van der Waals surface area (Å²) in [5, 5.41) is 4.18. The Balaban J connectivity index is 1.51. The van der Waals surface area contributed by atoms with Gasteiger partial charge in [-0.15, -0.1) is 11.3 Å². The first-order valence-electron chi connectivity index (χ1n) is 8.74. The maximum Gasteiger partial charge on any atom is 0.351 e. The van der Waals surface area contributed by atoms with Gasteiger partial charge in [0.15, 0.2) is 6.61 Å². The van der Waals surface area contributed by atoms with E-state index in [1.165, 1.54) is 11.3 Å². The Labute approximate surface area is 172 Å². The van der Waals surface area contributed by atoms with Crippen LogP contribution in [0.2, 0.25) is 5.02 Å². The third kappa shape index (κ3) is 5.41. The third-order valence-corrected chi connectivity index (χ3v) is 5.15. The van der Waals surface area contributed by atoms with Crippen molar-refractivity contribution < 1.29 is 14.3 Å². The molecule has 0 spiro atoms. The fraction of sp³-hybridized carbons (Fsp3) is 0.190. The fourth-order valence-corrected chi connectivity index (χ4v) is 3.56. The number of carbonyl (C=O) groups excluding carboxylic acids is 2. The zero-order valence-corrected chi connectivity index (χ0v) is 16.8. The van der Waals surface area contributed by atoms with E-state index in [0.29, 0.717) is 28.6 Å². The minimum atomic E-state index is -0.544. The normalized spacial score (nSPS) is 10.5. The van der Waals surface area contributed by atoms with Crippen LogP contribution in [0.15, 0.2) is 54.6 Å². The molecule has 3 rings (SSSR count). The van der Waals surface area contributed by atoms with Gasteiger partial charge in [0.2, 0.25) is 0 Å². The molecule has 0 unspecified atom stereocenters. The highest BCUT2D eigenvalue weighted by Crippen LogP contribution is 2.28. The van der Waals surface area contributed by atoms with E-state index in [2.05, 4.69) is 10.3 Å². The Morgan fingerprint density at radius 1 is 1.11 bits per heavy atom. The van der Waals surface area contributed by atoms with Gasteiger partial charge in [0.25, 0.3) is 5.91 Å². The van der Waals surface area contributed by atoms with E-state index in [1.54, 1.807) is 0 Å². The molecule has 5 nitrogen and oxygen atoms in total. The van der Waals surface area contributed by atoms with E-state index in [-0.39, 0.29) is 12.5 Å². The van der Waals surface area contributed by atoms with E-state index in [0.717, 1.165) is 16.1 Å². The number of benzene rings is 2. The van der Waals surface area contributed by atoms with Crippen LogP contribution in [0.1, 0.15) is 20.2 Å². The van der Waals surface area contributed by atoms with E-state index in [1.807, 2.05) is 61.5 Å². The summed E-state index contributed by atoms with van der Waals surface area (Å²) in [5.74, 6) is -0.887. The average molecular weight is 415 g/mol. The molecular weight excluding hydrogens is 396 g/mol. The van der Waals surface area contributed by atoms with Crippen molar-refractivity contribution in [3.8, 4) is 11.3 Å². The first kappa shape index (κ1) is 20.0. The van der Waals surface area contributed by atoms with Crippen LogP contribution in [0.4, 0.5) is 0 Å². The van der Waals surface area contributed by atoms with Crippen molar-refractivity contribution >= 4 is 34.8 Å². The first-order chi connectivity index (χ1) is 13.5. The summed E-state index contributed by atoms with van der Waals surface area (Å²) >= 11 is 7.10. The van der Waals surface area contributed by atoms with Crippen molar-refractivity contribution in [3.63, 3.8) is 0 Å². The summed E-state index contributed by atoms with van der Waals surface area (Å²) in [7, 11) is 0. The molecule has 0 radical (unpaired) electrons. The van der Waals surface area contributed by atoms with Gasteiger partial charge in [-0.05, 0) is 31.0 Å². The topological polar surface area (TPSA) is 68.3 Å². The van der Waals surface area contributed by atoms with Crippen molar-refractivity contribution in [2.24, 2.45) is 0 Å². The van der Waals surface area contributed by atoms with Crippen LogP contribution in [-0.4, -0.2) is 30.0 Å². The molecule has 0 atom stereocenters. The molecule has 1 amide bonds. The molecule has 0 aliphatic rings. The number of hydrogen-bond acceptors (Lipinski definition) is 5. The highest BCUT2D eigenvalue weighted by atomic mass is 35.5. The number of ether oxygens (including phenoxy) is 1. The molecule has 0 bridgehead atoms. The molecule has 1 heterocycles. The number of thiazole rings is 1. The monoisotopic (exact) mass is 414 g/mol. The number of esters is 1. The van der Waals surface area contributed by atoms with Gasteiger partial charge in [0, 0.05) is 17.1 Å². The summed E-state index contributed by atoms with van der Waals surface area (Å²) in [5.41, 5.74) is 2.48. The quantitative estimate of drug-likeness (QED) is 0.585. The second-order valence-electron chi connectivity index (χ2n) is 6.08. The van der Waals surface area contributed by atoms with E-state index in [9.17, 15) is 9.59 Å². The molecule has 0 aliphatic heterocycles. The zero-order valence-electron chi connectivity index (χ0n) is 15.3. The molecule has 144 valence electrons. The Hall–Kier alpha value is -2.70. The molecule has 28 heavy (non-hydrogen) atoms. The second kappa shape index (κ2) is 9.48. The van der Waals surface area contributed by atoms with Crippen molar-refractivity contribution in [2.75, 3.05) is 13.2 Å². The molecule has 0 fully saturated rings. The average Bonchev–Trinajstić information content (AvgIpc) is 3.10. The highest BCUT2D eigenvalue weighted by molar-refractivity contribution is 7.14. The van der Waals surface area contributed by atoms with Gasteiger partial charge in [0.05, 0.1) is 10.7 Å². The smallest absolute Gasteiger partial charge is 0.351 e. The van der Waals surface area contributed by atoms with Crippen LogP contribution in [0.3, 0.4) is 0 Å². The molecule has 0 aliphatic carbocycles. The molecular formula is C21H19ClN2O3S. The van der Waals surface area contributed by atoms with Crippen LogP contribution in [0.5, 0.6) is 0 Å². The number of rotatable bonds is 7. The summed E-state index contributed by atoms with van der Waals surface area (Å²) < 4.78 is 5.19. The van der Waals surface area contributed by atoms with Gasteiger partial charge < -0.3 is 10.1 Å². The van der Waals surface area contributed by atoms with Crippen molar-refractivity contribution in [1.29, 1.82) is 0 Å². The van der Waals surface area contributed by atoms with Gasteiger partial charge in [-0.3, -0.25) is 4.79 Å². The van der Waals surface area contributed by atoms with Crippen LogP contribution < -0.4 is 5.32 Å². The van der Waals surface area contributed by atoms with E-state index >= 15 is 0 Å². The van der Waals surface area contributed by atoms with Crippen LogP contribution >= 0.6 is 22.9 Å². The van der Waals surface area contributed by atoms with Crippen molar-refractivity contribution in [1.82, 2.24) is 10.3 Å². The lowest BCUT2D eigenvalue weighted by Crippen LogP contribution is -2.30. The van der Waals surface area contributed by atoms with Gasteiger partial charge in [-0.2, -0.15) is 0 Å². The van der Waals surface area contributed by atoms with E-state index < -0.39 is 5.97 Å². The number of carbonyl (C=O) groups is 2. The van der Waals surface area contributed by atoms with E-state index in [4.69, 9.17) is 16.3 Å². The van der Waals surface area contributed by atoms with Gasteiger partial charge in [0.1, 0.15) is 4.88 Å². The number of hydrogen-bond donors (Lipinski definition) is 1. The third-order valence-electron chi connectivity index (χ3n) is 3.95. The summed E-state index contributed by atoms with van der Waals surface area (Å²) in [6.45, 7) is 1.95. The second-order valence-corrected chi connectivity index (χ2v) is 7.72. The van der Waals surface area contributed by atoms with Gasteiger partial charge in [-0.25, -0.2) is 9.78 Å². The predicted octanol–water partition coefficient (Wildman–Crippen LogP) is 4.29. The highest BCUT2D eigenvalue weighted by Gasteiger charge is 2.20. The SMILES string of the molecule is Cc1nc(-c2ccccc2)c(C(=O)OCC(=O)NCCc2ccc(Cl)cc2)s1. The Morgan fingerprint density at radius 2 is 1.82 bits per heavy atom. The van der Waals surface area contributed by atoms with Crippen molar-refractivity contribution in [3.05, 3.63) is 75.1 Å². The summed E-state index contributed by atoms with van der Waals surface area (Å²) in [6, 6.07) is 16.9. The number of halogens is 1. The number of aryl methyl sites for hydroxylation is 1. The number of amides is 1. The number of nitrogens with one attached hydrogen (secondary N) is 1. The summed E-state index contributed by atoms with van der Waals surface area (Å²) in [6.07, 6.45) is 0.670.